The lowest BCUT2D eigenvalue weighted by atomic mass is 10.2. The van der Waals surface area contributed by atoms with Crippen molar-refractivity contribution in [3.05, 3.63) is 54.1 Å². The van der Waals surface area contributed by atoms with Gasteiger partial charge < -0.3 is 34.9 Å². The standard InChI is InChI=1S/C11H15NO5.C9H8O4/c1-15-9-4-2-3-5-10(9)16-6-8(13)7-17-11(12)14;1-6(10)13-8-5-3-2-4-7(8)9(11)12/h2-5,8,13H,6-7H2,1H3,(H2,12,14);2-5H,1H3,(H,11,12). The second-order valence-electron chi connectivity index (χ2n) is 5.64. The van der Waals surface area contributed by atoms with Crippen LogP contribution in [-0.4, -0.2) is 54.7 Å². The van der Waals surface area contributed by atoms with Crippen LogP contribution in [0.15, 0.2) is 48.5 Å². The van der Waals surface area contributed by atoms with E-state index in [1.54, 1.807) is 36.4 Å². The van der Waals surface area contributed by atoms with Crippen LogP contribution in [0.25, 0.3) is 0 Å². The number of carboxylic acids is 1. The molecule has 4 N–H and O–H groups in total. The van der Waals surface area contributed by atoms with Gasteiger partial charge in [0.1, 0.15) is 30.6 Å². The highest BCUT2D eigenvalue weighted by Gasteiger charge is 2.11. The Bertz CT molecular complexity index is 854. The van der Waals surface area contributed by atoms with Gasteiger partial charge in [-0.2, -0.15) is 0 Å². The van der Waals surface area contributed by atoms with Gasteiger partial charge in [0.05, 0.1) is 7.11 Å². The number of benzene rings is 2. The number of hydrogen-bond acceptors (Lipinski definition) is 8. The second-order valence-corrected chi connectivity index (χ2v) is 5.64. The number of methoxy groups -OCH3 is 1. The molecule has 10 nitrogen and oxygen atoms in total. The number of carboxylic acid groups (broad SMARTS) is 1. The topological polar surface area (TPSA) is 155 Å². The first kappa shape index (κ1) is 24.2. The Morgan fingerprint density at radius 3 is 2.07 bits per heavy atom. The van der Waals surface area contributed by atoms with Crippen molar-refractivity contribution >= 4 is 18.0 Å². The molecule has 0 saturated carbocycles. The van der Waals surface area contributed by atoms with E-state index in [4.69, 9.17) is 20.3 Å². The minimum atomic E-state index is -1.11. The summed E-state index contributed by atoms with van der Waals surface area (Å²) in [6.07, 6.45) is -1.87. The summed E-state index contributed by atoms with van der Waals surface area (Å²) >= 11 is 0. The predicted molar refractivity (Wildman–Crippen MR) is 105 cm³/mol. The number of carbonyl (C=O) groups is 3. The van der Waals surface area contributed by atoms with E-state index < -0.39 is 24.1 Å². The van der Waals surface area contributed by atoms with Crippen LogP contribution >= 0.6 is 0 Å². The smallest absolute Gasteiger partial charge is 0.404 e. The summed E-state index contributed by atoms with van der Waals surface area (Å²) in [5, 5.41) is 18.1. The molecule has 162 valence electrons. The number of primary amides is 1. The third-order valence-electron chi connectivity index (χ3n) is 3.29. The van der Waals surface area contributed by atoms with Gasteiger partial charge in [0.15, 0.2) is 11.5 Å². The molecular weight excluding hydrogens is 398 g/mol. The summed E-state index contributed by atoms with van der Waals surface area (Å²) in [7, 11) is 1.52. The summed E-state index contributed by atoms with van der Waals surface area (Å²) in [5.41, 5.74) is 4.74. The molecule has 0 aliphatic rings. The molecule has 30 heavy (non-hydrogen) atoms. The molecule has 0 fully saturated rings. The van der Waals surface area contributed by atoms with Crippen LogP contribution in [0.1, 0.15) is 17.3 Å². The van der Waals surface area contributed by atoms with Gasteiger partial charge >= 0.3 is 18.0 Å². The number of aliphatic hydroxyl groups excluding tert-OH is 1. The van der Waals surface area contributed by atoms with Crippen molar-refractivity contribution in [2.75, 3.05) is 20.3 Å². The van der Waals surface area contributed by atoms with Gasteiger partial charge in [-0.15, -0.1) is 0 Å². The van der Waals surface area contributed by atoms with Crippen LogP contribution in [0.2, 0.25) is 0 Å². The molecule has 0 aromatic heterocycles. The summed E-state index contributed by atoms with van der Waals surface area (Å²) < 4.78 is 19.5. The Morgan fingerprint density at radius 1 is 0.967 bits per heavy atom. The van der Waals surface area contributed by atoms with Crippen LogP contribution in [0.5, 0.6) is 17.2 Å². The third kappa shape index (κ3) is 8.93. The van der Waals surface area contributed by atoms with Gasteiger partial charge in [-0.3, -0.25) is 4.79 Å². The molecule has 0 spiro atoms. The number of esters is 1. The van der Waals surface area contributed by atoms with Gasteiger partial charge in [-0.1, -0.05) is 24.3 Å². The minimum absolute atomic E-state index is 0.0160. The zero-order valence-electron chi connectivity index (χ0n) is 16.4. The number of ether oxygens (including phenoxy) is 4. The maximum absolute atomic E-state index is 10.6. The van der Waals surface area contributed by atoms with Gasteiger partial charge in [-0.25, -0.2) is 9.59 Å². The first-order valence-electron chi connectivity index (χ1n) is 8.61. The summed E-state index contributed by atoms with van der Waals surface area (Å²) in [4.78, 5) is 31.5. The van der Waals surface area contributed by atoms with Gasteiger partial charge in [-0.05, 0) is 24.3 Å². The second kappa shape index (κ2) is 12.6. The molecule has 0 radical (unpaired) electrons. The average molecular weight is 421 g/mol. The molecule has 0 bridgehead atoms. The molecule has 10 heteroatoms. The normalized spacial score (nSPS) is 10.6. The predicted octanol–water partition coefficient (Wildman–Crippen LogP) is 1.84. The number of aliphatic hydroxyl groups is 1. The minimum Gasteiger partial charge on any atom is -0.493 e. The third-order valence-corrected chi connectivity index (χ3v) is 3.29. The molecule has 2 aromatic rings. The van der Waals surface area contributed by atoms with E-state index >= 15 is 0 Å². The highest BCUT2D eigenvalue weighted by molar-refractivity contribution is 5.91. The SMILES string of the molecule is CC(=O)Oc1ccccc1C(=O)O.COc1ccccc1OCC(O)COC(N)=O. The van der Waals surface area contributed by atoms with Crippen molar-refractivity contribution in [2.45, 2.75) is 13.0 Å². The molecule has 0 heterocycles. The Hall–Kier alpha value is -3.79. The Labute approximate surface area is 172 Å². The van der Waals surface area contributed by atoms with Crippen LogP contribution < -0.4 is 19.9 Å². The van der Waals surface area contributed by atoms with E-state index in [9.17, 15) is 19.5 Å². The van der Waals surface area contributed by atoms with Crippen LogP contribution in [0, 0.1) is 0 Å². The fourth-order valence-electron chi connectivity index (χ4n) is 2.04. The monoisotopic (exact) mass is 421 g/mol. The zero-order valence-corrected chi connectivity index (χ0v) is 16.4. The molecule has 0 saturated heterocycles. The number of carbonyl (C=O) groups excluding carboxylic acids is 2. The van der Waals surface area contributed by atoms with E-state index in [1.807, 2.05) is 0 Å². The number of hydrogen-bond donors (Lipinski definition) is 3. The molecule has 2 rings (SSSR count). The Morgan fingerprint density at radius 2 is 1.53 bits per heavy atom. The Balaban J connectivity index is 0.000000311. The molecule has 0 aliphatic carbocycles. The Kier molecular flexibility index (Phi) is 10.2. The first-order chi connectivity index (χ1) is 14.2. The summed E-state index contributed by atoms with van der Waals surface area (Å²) in [6.45, 7) is 0.997. The summed E-state index contributed by atoms with van der Waals surface area (Å²) in [6, 6.07) is 13.0. The lowest BCUT2D eigenvalue weighted by Gasteiger charge is -2.13. The molecule has 1 amide bonds. The lowest BCUT2D eigenvalue weighted by molar-refractivity contribution is -0.131. The van der Waals surface area contributed by atoms with Crippen molar-refractivity contribution in [2.24, 2.45) is 5.73 Å². The van der Waals surface area contributed by atoms with E-state index in [0.29, 0.717) is 11.5 Å². The largest absolute Gasteiger partial charge is 0.493 e. The molecule has 1 unspecified atom stereocenters. The van der Waals surface area contributed by atoms with Crippen molar-refractivity contribution < 1.29 is 43.5 Å². The highest BCUT2D eigenvalue weighted by Crippen LogP contribution is 2.25. The fraction of sp³-hybridized carbons (Fsp3) is 0.250. The number of amides is 1. The number of para-hydroxylation sites is 3. The van der Waals surface area contributed by atoms with Crippen molar-refractivity contribution in [1.82, 2.24) is 0 Å². The van der Waals surface area contributed by atoms with Crippen molar-refractivity contribution in [3.63, 3.8) is 0 Å². The molecular formula is C20H23NO9. The zero-order chi connectivity index (χ0) is 22.5. The van der Waals surface area contributed by atoms with Crippen LogP contribution in [0.3, 0.4) is 0 Å². The van der Waals surface area contributed by atoms with Crippen LogP contribution in [-0.2, 0) is 9.53 Å². The van der Waals surface area contributed by atoms with Gasteiger partial charge in [0.25, 0.3) is 0 Å². The molecule has 2 aromatic carbocycles. The molecule has 1 atom stereocenters. The number of rotatable bonds is 8. The quantitative estimate of drug-likeness (QED) is 0.428. The average Bonchev–Trinajstić information content (AvgIpc) is 2.71. The number of nitrogens with two attached hydrogens (primary N) is 1. The van der Waals surface area contributed by atoms with E-state index in [0.717, 1.165) is 0 Å². The highest BCUT2D eigenvalue weighted by atomic mass is 16.6. The lowest BCUT2D eigenvalue weighted by Crippen LogP contribution is -2.27. The van der Waals surface area contributed by atoms with Gasteiger partial charge in [0, 0.05) is 6.92 Å². The van der Waals surface area contributed by atoms with Crippen molar-refractivity contribution in [3.8, 4) is 17.2 Å². The van der Waals surface area contributed by atoms with E-state index in [-0.39, 0.29) is 24.5 Å². The van der Waals surface area contributed by atoms with Crippen molar-refractivity contribution in [1.29, 1.82) is 0 Å². The summed E-state index contributed by atoms with van der Waals surface area (Å²) in [5.74, 6) is -0.503. The molecule has 0 aliphatic heterocycles. The number of aromatic carboxylic acids is 1. The van der Waals surface area contributed by atoms with Gasteiger partial charge in [0.2, 0.25) is 0 Å². The van der Waals surface area contributed by atoms with Crippen LogP contribution in [0.4, 0.5) is 4.79 Å². The fourth-order valence-corrected chi connectivity index (χ4v) is 2.04. The maximum atomic E-state index is 10.6. The van der Waals surface area contributed by atoms with E-state index in [2.05, 4.69) is 9.47 Å². The first-order valence-corrected chi connectivity index (χ1v) is 8.61. The van der Waals surface area contributed by atoms with E-state index in [1.165, 1.54) is 26.2 Å². The maximum Gasteiger partial charge on any atom is 0.404 e.